The minimum atomic E-state index is -3.17. The van der Waals surface area contributed by atoms with E-state index in [0.717, 1.165) is 20.3 Å². The fourth-order valence-electron chi connectivity index (χ4n) is 1.58. The van der Waals surface area contributed by atoms with Crippen molar-refractivity contribution >= 4 is 41.9 Å². The van der Waals surface area contributed by atoms with Gasteiger partial charge in [-0.25, -0.2) is 13.1 Å². The van der Waals surface area contributed by atoms with E-state index in [0.29, 0.717) is 19.7 Å². The highest BCUT2D eigenvalue weighted by Gasteiger charge is 2.11. The molecule has 0 unspecified atom stereocenters. The van der Waals surface area contributed by atoms with Crippen LogP contribution >= 0.6 is 31.9 Å². The molecule has 0 radical (unpaired) electrons. The molecule has 114 valence electrons. The summed E-state index contributed by atoms with van der Waals surface area (Å²) in [7, 11) is -1.76. The minimum absolute atomic E-state index is 0.0443. The topological polar surface area (TPSA) is 67.4 Å². The maximum Gasteiger partial charge on any atom is 0.212 e. The Labute approximate surface area is 136 Å². The van der Waals surface area contributed by atoms with Gasteiger partial charge in [0, 0.05) is 23.1 Å². The van der Waals surface area contributed by atoms with E-state index in [1.807, 2.05) is 19.1 Å². The molecule has 8 heteroatoms. The number of hydrogen-bond acceptors (Lipinski definition) is 4. The van der Waals surface area contributed by atoms with E-state index in [1.165, 1.54) is 7.05 Å². The van der Waals surface area contributed by atoms with Gasteiger partial charge in [0.2, 0.25) is 10.0 Å². The SMILES string of the molecule is CCOc1c(Br)cc(Br)cc1CNCCS(=O)(=O)NC. The third-order valence-electron chi connectivity index (χ3n) is 2.55. The normalized spacial score (nSPS) is 11.6. The van der Waals surface area contributed by atoms with Crippen molar-refractivity contribution in [3.05, 3.63) is 26.6 Å². The van der Waals surface area contributed by atoms with Crippen LogP contribution in [0.25, 0.3) is 0 Å². The van der Waals surface area contributed by atoms with Gasteiger partial charge in [0.25, 0.3) is 0 Å². The van der Waals surface area contributed by atoms with E-state index < -0.39 is 10.0 Å². The molecule has 1 rings (SSSR count). The molecule has 0 aliphatic rings. The molecular weight excluding hydrogens is 412 g/mol. The number of nitrogens with one attached hydrogen (secondary N) is 2. The molecule has 20 heavy (non-hydrogen) atoms. The van der Waals surface area contributed by atoms with E-state index >= 15 is 0 Å². The summed E-state index contributed by atoms with van der Waals surface area (Å²) in [5.74, 6) is 0.822. The second kappa shape index (κ2) is 8.33. The first-order valence-corrected chi connectivity index (χ1v) is 9.36. The lowest BCUT2D eigenvalue weighted by atomic mass is 10.2. The largest absolute Gasteiger partial charge is 0.492 e. The third kappa shape index (κ3) is 5.69. The van der Waals surface area contributed by atoms with Crippen LogP contribution in [-0.2, 0) is 16.6 Å². The number of sulfonamides is 1. The van der Waals surface area contributed by atoms with Crippen molar-refractivity contribution in [2.24, 2.45) is 0 Å². The van der Waals surface area contributed by atoms with Gasteiger partial charge in [-0.3, -0.25) is 0 Å². The lowest BCUT2D eigenvalue weighted by Crippen LogP contribution is -2.29. The number of rotatable bonds is 8. The Bertz CT molecular complexity index is 550. The predicted octanol–water partition coefficient (Wildman–Crippen LogP) is 2.25. The maximum atomic E-state index is 11.3. The van der Waals surface area contributed by atoms with E-state index in [-0.39, 0.29) is 5.75 Å². The Morgan fingerprint density at radius 1 is 1.30 bits per heavy atom. The van der Waals surface area contributed by atoms with Gasteiger partial charge in [0.15, 0.2) is 0 Å². The van der Waals surface area contributed by atoms with Gasteiger partial charge in [-0.2, -0.15) is 0 Å². The number of benzene rings is 1. The van der Waals surface area contributed by atoms with Crippen molar-refractivity contribution in [1.82, 2.24) is 10.0 Å². The number of halogens is 2. The van der Waals surface area contributed by atoms with E-state index in [9.17, 15) is 8.42 Å². The predicted molar refractivity (Wildman–Crippen MR) is 87.6 cm³/mol. The zero-order chi connectivity index (χ0) is 15.2. The number of hydrogen-bond donors (Lipinski definition) is 2. The Balaban J connectivity index is 2.67. The lowest BCUT2D eigenvalue weighted by Gasteiger charge is -2.13. The highest BCUT2D eigenvalue weighted by Crippen LogP contribution is 2.32. The van der Waals surface area contributed by atoms with Gasteiger partial charge in [0.1, 0.15) is 5.75 Å². The van der Waals surface area contributed by atoms with Gasteiger partial charge < -0.3 is 10.1 Å². The van der Waals surface area contributed by atoms with Crippen molar-refractivity contribution in [1.29, 1.82) is 0 Å². The van der Waals surface area contributed by atoms with Crippen LogP contribution in [0.5, 0.6) is 5.75 Å². The summed E-state index contributed by atoms with van der Waals surface area (Å²) in [6.07, 6.45) is 0. The van der Waals surface area contributed by atoms with Crippen molar-refractivity contribution in [3.8, 4) is 5.75 Å². The van der Waals surface area contributed by atoms with E-state index in [1.54, 1.807) is 0 Å². The molecule has 0 amide bonds. The smallest absolute Gasteiger partial charge is 0.212 e. The fraction of sp³-hybridized carbons (Fsp3) is 0.500. The molecule has 0 heterocycles. The van der Waals surface area contributed by atoms with Crippen LogP contribution in [0.3, 0.4) is 0 Å². The van der Waals surface area contributed by atoms with Gasteiger partial charge >= 0.3 is 0 Å². The monoisotopic (exact) mass is 428 g/mol. The molecular formula is C12H18Br2N2O3S. The molecule has 0 aliphatic carbocycles. The van der Waals surface area contributed by atoms with E-state index in [4.69, 9.17) is 4.74 Å². The Hall–Kier alpha value is -0.150. The fourth-order valence-corrected chi connectivity index (χ4v) is 3.63. The molecule has 0 saturated heterocycles. The Morgan fingerprint density at radius 3 is 2.60 bits per heavy atom. The van der Waals surface area contributed by atoms with Crippen molar-refractivity contribution in [2.75, 3.05) is 26.0 Å². The maximum absolute atomic E-state index is 11.3. The average molecular weight is 430 g/mol. The van der Waals surface area contributed by atoms with Crippen molar-refractivity contribution < 1.29 is 13.2 Å². The summed E-state index contributed by atoms with van der Waals surface area (Å²) in [4.78, 5) is 0. The summed E-state index contributed by atoms with van der Waals surface area (Å²) in [5.41, 5.74) is 0.968. The second-order valence-electron chi connectivity index (χ2n) is 4.01. The second-order valence-corrected chi connectivity index (χ2v) is 7.82. The quantitative estimate of drug-likeness (QED) is 0.622. The van der Waals surface area contributed by atoms with E-state index in [2.05, 4.69) is 41.9 Å². The molecule has 1 aromatic rings. The van der Waals surface area contributed by atoms with Crippen molar-refractivity contribution in [3.63, 3.8) is 0 Å². The molecule has 1 aromatic carbocycles. The van der Waals surface area contributed by atoms with Crippen LogP contribution in [-0.4, -0.2) is 34.4 Å². The summed E-state index contributed by atoms with van der Waals surface area (Å²) in [6, 6.07) is 3.87. The Morgan fingerprint density at radius 2 is 2.00 bits per heavy atom. The highest BCUT2D eigenvalue weighted by atomic mass is 79.9. The zero-order valence-electron chi connectivity index (χ0n) is 11.4. The summed E-state index contributed by atoms with van der Waals surface area (Å²) in [6.45, 7) is 3.40. The Kier molecular flexibility index (Phi) is 7.46. The average Bonchev–Trinajstić information content (AvgIpc) is 2.38. The molecule has 0 fully saturated rings. The van der Waals surface area contributed by atoms with Crippen LogP contribution in [0.15, 0.2) is 21.1 Å². The van der Waals surface area contributed by atoms with Gasteiger partial charge in [0.05, 0.1) is 16.8 Å². The first-order valence-electron chi connectivity index (χ1n) is 6.12. The zero-order valence-corrected chi connectivity index (χ0v) is 15.4. The minimum Gasteiger partial charge on any atom is -0.492 e. The first-order chi connectivity index (χ1) is 9.39. The summed E-state index contributed by atoms with van der Waals surface area (Å²) in [5, 5.41) is 3.10. The van der Waals surface area contributed by atoms with Crippen LogP contribution in [0.4, 0.5) is 0 Å². The summed E-state index contributed by atoms with van der Waals surface area (Å²) < 4.78 is 32.3. The van der Waals surface area contributed by atoms with Crippen LogP contribution < -0.4 is 14.8 Å². The standard InChI is InChI=1S/C12H18Br2N2O3S/c1-3-19-12-9(6-10(13)7-11(12)14)8-16-4-5-20(17,18)15-2/h6-7,15-16H,3-5,8H2,1-2H3. The van der Waals surface area contributed by atoms with Gasteiger partial charge in [-0.15, -0.1) is 0 Å². The third-order valence-corrected chi connectivity index (χ3v) is 4.96. The molecule has 0 atom stereocenters. The molecule has 0 saturated carbocycles. The van der Waals surface area contributed by atoms with Crippen LogP contribution in [0, 0.1) is 0 Å². The van der Waals surface area contributed by atoms with Crippen LogP contribution in [0.2, 0.25) is 0 Å². The molecule has 0 aromatic heterocycles. The number of ether oxygens (including phenoxy) is 1. The van der Waals surface area contributed by atoms with Crippen molar-refractivity contribution in [2.45, 2.75) is 13.5 Å². The highest BCUT2D eigenvalue weighted by molar-refractivity contribution is 9.11. The van der Waals surface area contributed by atoms with Gasteiger partial charge in [-0.05, 0) is 42.0 Å². The molecule has 2 N–H and O–H groups in total. The molecule has 0 spiro atoms. The summed E-state index contributed by atoms with van der Waals surface area (Å²) >= 11 is 6.89. The molecule has 0 aliphatic heterocycles. The van der Waals surface area contributed by atoms with Crippen LogP contribution in [0.1, 0.15) is 12.5 Å². The molecule has 0 bridgehead atoms. The lowest BCUT2D eigenvalue weighted by molar-refractivity contribution is 0.333. The van der Waals surface area contributed by atoms with Gasteiger partial charge in [-0.1, -0.05) is 15.9 Å². The first kappa shape index (κ1) is 17.9. The molecule has 5 nitrogen and oxygen atoms in total.